The SMILES string of the molecule is C=CCOC(=O)OC(CCCCCCCC)OC(=O)OCC=C. The molecule has 0 aromatic carbocycles. The Morgan fingerprint density at radius 1 is 0.870 bits per heavy atom. The van der Waals surface area contributed by atoms with Gasteiger partial charge >= 0.3 is 12.3 Å². The van der Waals surface area contributed by atoms with Crippen LogP contribution in [-0.2, 0) is 18.9 Å². The monoisotopic (exact) mass is 328 g/mol. The third-order valence-corrected chi connectivity index (χ3v) is 2.89. The van der Waals surface area contributed by atoms with Gasteiger partial charge in [-0.15, -0.1) is 0 Å². The van der Waals surface area contributed by atoms with E-state index in [2.05, 4.69) is 20.1 Å². The predicted molar refractivity (Wildman–Crippen MR) is 87.0 cm³/mol. The maximum absolute atomic E-state index is 11.4. The average Bonchev–Trinajstić information content (AvgIpc) is 2.54. The van der Waals surface area contributed by atoms with Gasteiger partial charge in [0, 0.05) is 6.42 Å². The molecule has 0 saturated carbocycles. The molecule has 0 aromatic heterocycles. The van der Waals surface area contributed by atoms with Crippen LogP contribution in [0.3, 0.4) is 0 Å². The Balaban J connectivity index is 4.19. The summed E-state index contributed by atoms with van der Waals surface area (Å²) in [5.41, 5.74) is 0. The first-order valence-electron chi connectivity index (χ1n) is 8.02. The van der Waals surface area contributed by atoms with E-state index >= 15 is 0 Å². The molecule has 0 aliphatic carbocycles. The Kier molecular flexibility index (Phi) is 13.7. The largest absolute Gasteiger partial charge is 0.511 e. The van der Waals surface area contributed by atoms with E-state index in [-0.39, 0.29) is 13.2 Å². The highest BCUT2D eigenvalue weighted by Crippen LogP contribution is 2.13. The second-order valence-electron chi connectivity index (χ2n) is 4.92. The van der Waals surface area contributed by atoms with Crippen LogP contribution in [0.4, 0.5) is 9.59 Å². The number of hydrogen-bond acceptors (Lipinski definition) is 6. The van der Waals surface area contributed by atoms with E-state index in [9.17, 15) is 9.59 Å². The number of rotatable bonds is 13. The molecule has 0 heterocycles. The van der Waals surface area contributed by atoms with Crippen LogP contribution in [-0.4, -0.2) is 31.8 Å². The molecule has 0 amide bonds. The van der Waals surface area contributed by atoms with Crippen LogP contribution in [0.1, 0.15) is 51.9 Å². The fourth-order valence-electron chi connectivity index (χ4n) is 1.77. The van der Waals surface area contributed by atoms with E-state index in [1.807, 2.05) is 0 Å². The molecule has 0 N–H and O–H groups in total. The quantitative estimate of drug-likeness (QED) is 0.210. The van der Waals surface area contributed by atoms with Gasteiger partial charge in [0.05, 0.1) is 0 Å². The zero-order valence-electron chi connectivity index (χ0n) is 14.0. The first-order valence-corrected chi connectivity index (χ1v) is 8.02. The molecule has 0 unspecified atom stereocenters. The summed E-state index contributed by atoms with van der Waals surface area (Å²) in [5.74, 6) is 0. The summed E-state index contributed by atoms with van der Waals surface area (Å²) >= 11 is 0. The molecule has 0 saturated heterocycles. The highest BCUT2D eigenvalue weighted by molar-refractivity contribution is 5.62. The molecular weight excluding hydrogens is 300 g/mol. The van der Waals surface area contributed by atoms with Gasteiger partial charge in [0.15, 0.2) is 0 Å². The minimum Gasteiger partial charge on any atom is -0.430 e. The maximum atomic E-state index is 11.4. The molecular formula is C17H28O6. The third-order valence-electron chi connectivity index (χ3n) is 2.89. The van der Waals surface area contributed by atoms with Crippen molar-refractivity contribution in [3.05, 3.63) is 25.3 Å². The molecule has 0 aliphatic heterocycles. The fourth-order valence-corrected chi connectivity index (χ4v) is 1.77. The summed E-state index contributed by atoms with van der Waals surface area (Å²) in [5, 5.41) is 0. The molecule has 0 fully saturated rings. The van der Waals surface area contributed by atoms with Gasteiger partial charge in [0.1, 0.15) is 13.2 Å². The third kappa shape index (κ3) is 13.4. The molecule has 0 radical (unpaired) electrons. The Morgan fingerprint density at radius 3 is 1.83 bits per heavy atom. The number of carbonyl (C=O) groups is 2. The Bertz CT molecular complexity index is 327. The van der Waals surface area contributed by atoms with Crippen molar-refractivity contribution < 1.29 is 28.5 Å². The van der Waals surface area contributed by atoms with Crippen molar-refractivity contribution in [2.45, 2.75) is 58.2 Å². The normalized spacial score (nSPS) is 10.0. The van der Waals surface area contributed by atoms with E-state index in [0.29, 0.717) is 6.42 Å². The van der Waals surface area contributed by atoms with Crippen LogP contribution in [0.2, 0.25) is 0 Å². The summed E-state index contributed by atoms with van der Waals surface area (Å²) in [4.78, 5) is 22.9. The van der Waals surface area contributed by atoms with Crippen molar-refractivity contribution in [1.82, 2.24) is 0 Å². The highest BCUT2D eigenvalue weighted by atomic mass is 16.8. The molecule has 0 aromatic rings. The molecule has 0 atom stereocenters. The van der Waals surface area contributed by atoms with Gasteiger partial charge in [-0.25, -0.2) is 9.59 Å². The second-order valence-corrected chi connectivity index (χ2v) is 4.92. The standard InChI is InChI=1S/C17H28O6/c1-4-7-8-9-10-11-12-15(22-16(18)20-13-5-2)23-17(19)21-14-6-3/h5-6,15H,2-4,7-14H2,1H3. The number of ether oxygens (including phenoxy) is 4. The summed E-state index contributed by atoms with van der Waals surface area (Å²) in [6.07, 6.45) is 6.83. The lowest BCUT2D eigenvalue weighted by Gasteiger charge is -2.17. The summed E-state index contributed by atoms with van der Waals surface area (Å²) in [7, 11) is 0. The summed E-state index contributed by atoms with van der Waals surface area (Å²) in [6, 6.07) is 0. The van der Waals surface area contributed by atoms with Crippen LogP contribution >= 0.6 is 0 Å². The molecule has 0 bridgehead atoms. The molecule has 0 spiro atoms. The topological polar surface area (TPSA) is 71.1 Å². The minimum absolute atomic E-state index is 0.0312. The lowest BCUT2D eigenvalue weighted by Crippen LogP contribution is -2.25. The number of hydrogen-bond donors (Lipinski definition) is 0. The summed E-state index contributed by atoms with van der Waals surface area (Å²) in [6.45, 7) is 9.08. The fraction of sp³-hybridized carbons (Fsp3) is 0.647. The van der Waals surface area contributed by atoms with Crippen molar-refractivity contribution in [3.63, 3.8) is 0 Å². The average molecular weight is 328 g/mol. The van der Waals surface area contributed by atoms with Gasteiger partial charge in [0.2, 0.25) is 0 Å². The van der Waals surface area contributed by atoms with E-state index < -0.39 is 18.6 Å². The predicted octanol–water partition coefficient (Wildman–Crippen LogP) is 4.74. The number of unbranched alkanes of at least 4 members (excludes halogenated alkanes) is 5. The van der Waals surface area contributed by atoms with Gasteiger partial charge < -0.3 is 18.9 Å². The molecule has 6 heteroatoms. The van der Waals surface area contributed by atoms with Crippen LogP contribution in [0.5, 0.6) is 0 Å². The zero-order chi connectivity index (χ0) is 17.3. The Hall–Kier alpha value is -1.98. The summed E-state index contributed by atoms with van der Waals surface area (Å²) < 4.78 is 19.4. The van der Waals surface area contributed by atoms with Gasteiger partial charge in [-0.1, -0.05) is 64.3 Å². The van der Waals surface area contributed by atoms with Gasteiger partial charge in [-0.3, -0.25) is 0 Å². The molecule has 0 aliphatic rings. The molecule has 6 nitrogen and oxygen atoms in total. The van der Waals surface area contributed by atoms with E-state index in [1.165, 1.54) is 31.4 Å². The van der Waals surface area contributed by atoms with Crippen molar-refractivity contribution >= 4 is 12.3 Å². The highest BCUT2D eigenvalue weighted by Gasteiger charge is 2.20. The van der Waals surface area contributed by atoms with Gasteiger partial charge in [-0.05, 0) is 6.42 Å². The van der Waals surface area contributed by atoms with E-state index in [4.69, 9.17) is 18.9 Å². The Labute approximate surface area is 138 Å². The molecule has 132 valence electrons. The van der Waals surface area contributed by atoms with Crippen molar-refractivity contribution in [2.75, 3.05) is 13.2 Å². The smallest absolute Gasteiger partial charge is 0.430 e. The lowest BCUT2D eigenvalue weighted by atomic mass is 10.1. The second kappa shape index (κ2) is 14.9. The van der Waals surface area contributed by atoms with Crippen LogP contribution < -0.4 is 0 Å². The molecule has 0 rings (SSSR count). The van der Waals surface area contributed by atoms with Crippen LogP contribution in [0.15, 0.2) is 25.3 Å². The van der Waals surface area contributed by atoms with E-state index in [0.717, 1.165) is 19.3 Å². The van der Waals surface area contributed by atoms with Crippen molar-refractivity contribution in [3.8, 4) is 0 Å². The van der Waals surface area contributed by atoms with Crippen LogP contribution in [0.25, 0.3) is 0 Å². The zero-order valence-corrected chi connectivity index (χ0v) is 14.0. The maximum Gasteiger partial charge on any atom is 0.511 e. The van der Waals surface area contributed by atoms with Gasteiger partial charge in [-0.2, -0.15) is 0 Å². The van der Waals surface area contributed by atoms with Gasteiger partial charge in [0.25, 0.3) is 6.29 Å². The van der Waals surface area contributed by atoms with Crippen molar-refractivity contribution in [2.24, 2.45) is 0 Å². The minimum atomic E-state index is -1.02. The Morgan fingerprint density at radius 2 is 1.35 bits per heavy atom. The number of carbonyl (C=O) groups excluding carboxylic acids is 2. The molecule has 23 heavy (non-hydrogen) atoms. The lowest BCUT2D eigenvalue weighted by molar-refractivity contribution is -0.105. The van der Waals surface area contributed by atoms with E-state index in [1.54, 1.807) is 0 Å². The van der Waals surface area contributed by atoms with Crippen molar-refractivity contribution in [1.29, 1.82) is 0 Å². The first kappa shape index (κ1) is 21.0. The first-order chi connectivity index (χ1) is 11.1. The van der Waals surface area contributed by atoms with Crippen LogP contribution in [0, 0.1) is 0 Å².